The Morgan fingerprint density at radius 3 is 2.14 bits per heavy atom. The van der Waals surface area contributed by atoms with E-state index < -0.39 is 6.43 Å². The zero-order valence-corrected chi connectivity index (χ0v) is 7.79. The van der Waals surface area contributed by atoms with Gasteiger partial charge in [0.25, 0.3) is 6.43 Å². The Balaban J connectivity index is 2.77. The van der Waals surface area contributed by atoms with Gasteiger partial charge in [0.1, 0.15) is 0 Å². The largest absolute Gasteiger partial charge is 0.324 e. The van der Waals surface area contributed by atoms with Crippen LogP contribution < -0.4 is 5.73 Å². The molecule has 3 heteroatoms. The van der Waals surface area contributed by atoms with Crippen LogP contribution in [-0.2, 0) is 0 Å². The summed E-state index contributed by atoms with van der Waals surface area (Å²) in [5, 5.41) is 0. The lowest BCUT2D eigenvalue weighted by Crippen LogP contribution is -2.08. The van der Waals surface area contributed by atoms with Gasteiger partial charge in [-0.3, -0.25) is 0 Å². The number of benzene rings is 1. The fraction of sp³-hybridized carbons (Fsp3) is 0.273. The van der Waals surface area contributed by atoms with Gasteiger partial charge in [0.15, 0.2) is 0 Å². The molecule has 0 radical (unpaired) electrons. The summed E-state index contributed by atoms with van der Waals surface area (Å²) in [6.45, 7) is 3.57. The fourth-order valence-corrected chi connectivity index (χ4v) is 1.20. The topological polar surface area (TPSA) is 26.0 Å². The highest BCUT2D eigenvalue weighted by Gasteiger charge is 2.08. The maximum absolute atomic E-state index is 12.2. The van der Waals surface area contributed by atoms with Gasteiger partial charge < -0.3 is 5.73 Å². The summed E-state index contributed by atoms with van der Waals surface area (Å²) in [4.78, 5) is 0. The van der Waals surface area contributed by atoms with E-state index in [4.69, 9.17) is 5.73 Å². The molecule has 14 heavy (non-hydrogen) atoms. The Bertz CT molecular complexity index is 293. The average Bonchev–Trinajstić information content (AvgIpc) is 2.18. The molecular weight excluding hydrogens is 184 g/mol. The highest BCUT2D eigenvalue weighted by Crippen LogP contribution is 2.21. The minimum atomic E-state index is -2.42. The first-order chi connectivity index (χ1) is 6.65. The van der Waals surface area contributed by atoms with Crippen LogP contribution in [0.5, 0.6) is 0 Å². The van der Waals surface area contributed by atoms with Crippen LogP contribution in [0.15, 0.2) is 36.9 Å². The quantitative estimate of drug-likeness (QED) is 0.737. The molecule has 1 aromatic rings. The Labute approximate surface area is 82.2 Å². The summed E-state index contributed by atoms with van der Waals surface area (Å²) in [6, 6.07) is 5.93. The molecule has 0 fully saturated rings. The standard InChI is InChI=1S/C11H13F2N/c1-2-3-10(14)8-4-6-9(7-5-8)11(12)13/h2,4-7,10-11H,1,3,14H2/t10-/m0/s1. The number of alkyl halides is 2. The number of hydrogen-bond acceptors (Lipinski definition) is 1. The fourth-order valence-electron chi connectivity index (χ4n) is 1.20. The smallest absolute Gasteiger partial charge is 0.263 e. The first kappa shape index (κ1) is 10.9. The molecular formula is C11H13F2N. The van der Waals surface area contributed by atoms with Crippen molar-refractivity contribution in [2.75, 3.05) is 0 Å². The van der Waals surface area contributed by atoms with Crippen LogP contribution in [0, 0.1) is 0 Å². The maximum Gasteiger partial charge on any atom is 0.263 e. The predicted octanol–water partition coefficient (Wildman–Crippen LogP) is 3.20. The lowest BCUT2D eigenvalue weighted by molar-refractivity contribution is 0.151. The second-order valence-electron chi connectivity index (χ2n) is 3.10. The lowest BCUT2D eigenvalue weighted by Gasteiger charge is -2.09. The molecule has 0 aliphatic heterocycles. The molecule has 0 heterocycles. The van der Waals surface area contributed by atoms with Crippen LogP contribution in [-0.4, -0.2) is 0 Å². The Kier molecular flexibility index (Phi) is 3.77. The lowest BCUT2D eigenvalue weighted by atomic mass is 10.0. The molecule has 0 amide bonds. The van der Waals surface area contributed by atoms with E-state index in [1.54, 1.807) is 18.2 Å². The molecule has 1 nitrogen and oxygen atoms in total. The van der Waals surface area contributed by atoms with Gasteiger partial charge in [0.05, 0.1) is 0 Å². The van der Waals surface area contributed by atoms with Crippen molar-refractivity contribution in [1.29, 1.82) is 0 Å². The third-order valence-corrected chi connectivity index (χ3v) is 2.04. The van der Waals surface area contributed by atoms with Crippen molar-refractivity contribution in [3.8, 4) is 0 Å². The van der Waals surface area contributed by atoms with Crippen molar-refractivity contribution in [1.82, 2.24) is 0 Å². The molecule has 0 unspecified atom stereocenters. The maximum atomic E-state index is 12.2. The molecule has 2 N–H and O–H groups in total. The van der Waals surface area contributed by atoms with Gasteiger partial charge in [-0.1, -0.05) is 30.3 Å². The predicted molar refractivity (Wildman–Crippen MR) is 53.1 cm³/mol. The van der Waals surface area contributed by atoms with Crippen LogP contribution in [0.4, 0.5) is 8.78 Å². The summed E-state index contributed by atoms with van der Waals surface area (Å²) in [7, 11) is 0. The molecule has 0 aromatic heterocycles. The van der Waals surface area contributed by atoms with Gasteiger partial charge in [-0.2, -0.15) is 0 Å². The van der Waals surface area contributed by atoms with Gasteiger partial charge in [0.2, 0.25) is 0 Å². The van der Waals surface area contributed by atoms with E-state index in [1.165, 1.54) is 12.1 Å². The summed E-state index contributed by atoms with van der Waals surface area (Å²) in [6.07, 6.45) is -0.0561. The van der Waals surface area contributed by atoms with Crippen molar-refractivity contribution in [2.24, 2.45) is 5.73 Å². The first-order valence-electron chi connectivity index (χ1n) is 4.39. The second kappa shape index (κ2) is 4.86. The molecule has 0 aliphatic rings. The molecule has 0 spiro atoms. The SMILES string of the molecule is C=CC[C@H](N)c1ccc(C(F)F)cc1. The first-order valence-corrected chi connectivity index (χ1v) is 4.39. The summed E-state index contributed by atoms with van der Waals surface area (Å²) in [5.74, 6) is 0. The van der Waals surface area contributed by atoms with E-state index in [2.05, 4.69) is 6.58 Å². The van der Waals surface area contributed by atoms with Gasteiger partial charge in [-0.15, -0.1) is 6.58 Å². The molecule has 1 atom stereocenters. The van der Waals surface area contributed by atoms with Crippen molar-refractivity contribution in [2.45, 2.75) is 18.9 Å². The normalized spacial score (nSPS) is 12.9. The molecule has 1 rings (SSSR count). The highest BCUT2D eigenvalue weighted by molar-refractivity contribution is 5.25. The molecule has 0 saturated heterocycles. The third-order valence-electron chi connectivity index (χ3n) is 2.04. The number of hydrogen-bond donors (Lipinski definition) is 1. The minimum Gasteiger partial charge on any atom is -0.324 e. The number of rotatable bonds is 4. The Morgan fingerprint density at radius 2 is 1.71 bits per heavy atom. The van der Waals surface area contributed by atoms with Crippen molar-refractivity contribution in [3.63, 3.8) is 0 Å². The monoisotopic (exact) mass is 197 g/mol. The number of halogens is 2. The van der Waals surface area contributed by atoms with Crippen LogP contribution in [0.25, 0.3) is 0 Å². The van der Waals surface area contributed by atoms with Gasteiger partial charge in [-0.25, -0.2) is 8.78 Å². The molecule has 76 valence electrons. The average molecular weight is 197 g/mol. The van der Waals surface area contributed by atoms with Crippen molar-refractivity contribution in [3.05, 3.63) is 48.0 Å². The Morgan fingerprint density at radius 1 is 1.21 bits per heavy atom. The van der Waals surface area contributed by atoms with Gasteiger partial charge in [-0.05, 0) is 12.0 Å². The third kappa shape index (κ3) is 2.64. The summed E-state index contributed by atoms with van der Waals surface area (Å²) in [5.41, 5.74) is 6.66. The van der Waals surface area contributed by atoms with E-state index in [9.17, 15) is 8.78 Å². The van der Waals surface area contributed by atoms with Gasteiger partial charge >= 0.3 is 0 Å². The van der Waals surface area contributed by atoms with E-state index in [0.29, 0.717) is 6.42 Å². The summed E-state index contributed by atoms with van der Waals surface area (Å²) >= 11 is 0. The molecule has 0 bridgehead atoms. The molecule has 1 aromatic carbocycles. The molecule has 0 saturated carbocycles. The molecule has 0 aliphatic carbocycles. The van der Waals surface area contributed by atoms with E-state index >= 15 is 0 Å². The second-order valence-corrected chi connectivity index (χ2v) is 3.10. The van der Waals surface area contributed by atoms with Crippen molar-refractivity contribution < 1.29 is 8.78 Å². The van der Waals surface area contributed by atoms with E-state index in [0.717, 1.165) is 5.56 Å². The van der Waals surface area contributed by atoms with Crippen LogP contribution in [0.1, 0.15) is 30.0 Å². The van der Waals surface area contributed by atoms with Crippen LogP contribution in [0.2, 0.25) is 0 Å². The number of nitrogens with two attached hydrogens (primary N) is 1. The zero-order valence-electron chi connectivity index (χ0n) is 7.79. The van der Waals surface area contributed by atoms with Crippen LogP contribution in [0.3, 0.4) is 0 Å². The van der Waals surface area contributed by atoms with E-state index in [1.807, 2.05) is 0 Å². The Hall–Kier alpha value is -1.22. The summed E-state index contributed by atoms with van der Waals surface area (Å²) < 4.78 is 24.4. The highest BCUT2D eigenvalue weighted by atomic mass is 19.3. The minimum absolute atomic E-state index is 0.0274. The van der Waals surface area contributed by atoms with Crippen LogP contribution >= 0.6 is 0 Å². The van der Waals surface area contributed by atoms with Gasteiger partial charge in [0, 0.05) is 11.6 Å². The zero-order chi connectivity index (χ0) is 10.6. The van der Waals surface area contributed by atoms with E-state index in [-0.39, 0.29) is 11.6 Å². The van der Waals surface area contributed by atoms with Crippen molar-refractivity contribution >= 4 is 0 Å².